The van der Waals surface area contributed by atoms with Gasteiger partial charge in [-0.3, -0.25) is 9.89 Å². The average Bonchev–Trinajstić information content (AvgIpc) is 2.89. The molecule has 106 valence electrons. The van der Waals surface area contributed by atoms with Gasteiger partial charge in [-0.2, -0.15) is 5.10 Å². The first-order valence-electron chi connectivity index (χ1n) is 6.87. The molecule has 0 unspecified atom stereocenters. The van der Waals surface area contributed by atoms with E-state index in [2.05, 4.69) is 34.6 Å². The molecule has 4 nitrogen and oxygen atoms in total. The third-order valence-corrected chi connectivity index (χ3v) is 3.62. The lowest BCUT2D eigenvalue weighted by Crippen LogP contribution is -2.13. The Balaban J connectivity index is 1.92. The van der Waals surface area contributed by atoms with Gasteiger partial charge in [-0.05, 0) is 44.0 Å². The van der Waals surface area contributed by atoms with E-state index in [4.69, 9.17) is 0 Å². The largest absolute Gasteiger partial charge is 0.322 e. The van der Waals surface area contributed by atoms with E-state index in [1.54, 1.807) is 6.20 Å². The fraction of sp³-hybridized carbons (Fsp3) is 0.176. The topological polar surface area (TPSA) is 57.8 Å². The molecule has 4 heteroatoms. The van der Waals surface area contributed by atoms with Crippen molar-refractivity contribution in [3.05, 3.63) is 58.8 Å². The van der Waals surface area contributed by atoms with Crippen molar-refractivity contribution in [2.75, 3.05) is 5.32 Å². The van der Waals surface area contributed by atoms with Crippen molar-refractivity contribution in [2.45, 2.75) is 20.8 Å². The highest BCUT2D eigenvalue weighted by Crippen LogP contribution is 2.23. The SMILES string of the molecule is Cc1cc(C)c(NC(=O)c2ccc3cn[nH]c3c2)c(C)c1. The molecule has 3 rings (SSSR count). The van der Waals surface area contributed by atoms with Gasteiger partial charge in [0.05, 0.1) is 11.7 Å². The number of H-pyrrole nitrogens is 1. The van der Waals surface area contributed by atoms with Crippen LogP contribution in [-0.4, -0.2) is 16.1 Å². The quantitative estimate of drug-likeness (QED) is 0.750. The zero-order valence-corrected chi connectivity index (χ0v) is 12.3. The van der Waals surface area contributed by atoms with Gasteiger partial charge in [0.15, 0.2) is 0 Å². The lowest BCUT2D eigenvalue weighted by Gasteiger charge is -2.13. The summed E-state index contributed by atoms with van der Waals surface area (Å²) in [5.74, 6) is -0.110. The number of anilines is 1. The second-order valence-electron chi connectivity index (χ2n) is 5.40. The van der Waals surface area contributed by atoms with Crippen LogP contribution >= 0.6 is 0 Å². The van der Waals surface area contributed by atoms with Crippen molar-refractivity contribution in [3.8, 4) is 0 Å². The molecule has 1 heterocycles. The van der Waals surface area contributed by atoms with Gasteiger partial charge >= 0.3 is 0 Å². The van der Waals surface area contributed by atoms with Crippen LogP contribution in [0.3, 0.4) is 0 Å². The molecule has 21 heavy (non-hydrogen) atoms. The standard InChI is InChI=1S/C17H17N3O/c1-10-6-11(2)16(12(3)7-10)19-17(21)13-4-5-14-9-18-20-15(14)8-13/h4-9H,1-3H3,(H,18,20)(H,19,21). The Labute approximate surface area is 123 Å². The molecule has 0 fully saturated rings. The van der Waals surface area contributed by atoms with Gasteiger partial charge < -0.3 is 5.32 Å². The van der Waals surface area contributed by atoms with Crippen LogP contribution in [0.15, 0.2) is 36.5 Å². The molecule has 2 N–H and O–H groups in total. The summed E-state index contributed by atoms with van der Waals surface area (Å²) < 4.78 is 0. The van der Waals surface area contributed by atoms with Crippen LogP contribution in [-0.2, 0) is 0 Å². The second kappa shape index (κ2) is 5.05. The van der Waals surface area contributed by atoms with Crippen molar-refractivity contribution >= 4 is 22.5 Å². The van der Waals surface area contributed by atoms with Crippen LogP contribution in [0.1, 0.15) is 27.0 Å². The first-order valence-corrected chi connectivity index (χ1v) is 6.87. The smallest absolute Gasteiger partial charge is 0.255 e. The van der Waals surface area contributed by atoms with Gasteiger partial charge in [-0.1, -0.05) is 23.8 Å². The number of benzene rings is 2. The molecule has 0 atom stereocenters. The summed E-state index contributed by atoms with van der Waals surface area (Å²) in [7, 11) is 0. The molecule has 0 radical (unpaired) electrons. The predicted octanol–water partition coefficient (Wildman–Crippen LogP) is 3.74. The van der Waals surface area contributed by atoms with E-state index in [1.807, 2.05) is 32.0 Å². The Morgan fingerprint density at radius 1 is 1.10 bits per heavy atom. The van der Waals surface area contributed by atoms with Gasteiger partial charge in [0.25, 0.3) is 5.91 Å². The van der Waals surface area contributed by atoms with Crippen molar-refractivity contribution in [1.82, 2.24) is 10.2 Å². The molecule has 0 aliphatic heterocycles. The predicted molar refractivity (Wildman–Crippen MR) is 84.7 cm³/mol. The van der Waals surface area contributed by atoms with Crippen molar-refractivity contribution in [3.63, 3.8) is 0 Å². The monoisotopic (exact) mass is 279 g/mol. The van der Waals surface area contributed by atoms with E-state index in [9.17, 15) is 4.79 Å². The summed E-state index contributed by atoms with van der Waals surface area (Å²) >= 11 is 0. The highest BCUT2D eigenvalue weighted by molar-refractivity contribution is 6.06. The van der Waals surface area contributed by atoms with Crippen LogP contribution in [0.4, 0.5) is 5.69 Å². The minimum Gasteiger partial charge on any atom is -0.322 e. The molecule has 1 aromatic heterocycles. The number of aromatic amines is 1. The molecule has 0 spiro atoms. The second-order valence-corrected chi connectivity index (χ2v) is 5.40. The molecule has 0 aliphatic rings. The third-order valence-electron chi connectivity index (χ3n) is 3.62. The van der Waals surface area contributed by atoms with E-state index < -0.39 is 0 Å². The third kappa shape index (κ3) is 2.52. The van der Waals surface area contributed by atoms with Crippen molar-refractivity contribution < 1.29 is 4.79 Å². The van der Waals surface area contributed by atoms with E-state index in [0.717, 1.165) is 27.7 Å². The fourth-order valence-electron chi connectivity index (χ4n) is 2.64. The molecule has 0 saturated heterocycles. The van der Waals surface area contributed by atoms with Gasteiger partial charge in [-0.15, -0.1) is 0 Å². The first kappa shape index (κ1) is 13.4. The van der Waals surface area contributed by atoms with Crippen molar-refractivity contribution in [1.29, 1.82) is 0 Å². The highest BCUT2D eigenvalue weighted by Gasteiger charge is 2.11. The zero-order valence-electron chi connectivity index (χ0n) is 12.3. The molecule has 3 aromatic rings. The Hall–Kier alpha value is -2.62. The first-order chi connectivity index (χ1) is 10.0. The highest BCUT2D eigenvalue weighted by atomic mass is 16.1. The molecule has 0 aliphatic carbocycles. The number of hydrogen-bond donors (Lipinski definition) is 2. The van der Waals surface area contributed by atoms with Gasteiger partial charge in [0, 0.05) is 16.6 Å². The Morgan fingerprint density at radius 3 is 2.52 bits per heavy atom. The Morgan fingerprint density at radius 2 is 1.81 bits per heavy atom. The maximum absolute atomic E-state index is 12.4. The summed E-state index contributed by atoms with van der Waals surface area (Å²) in [5, 5.41) is 10.8. The molecular formula is C17H17N3O. The number of amides is 1. The summed E-state index contributed by atoms with van der Waals surface area (Å²) in [6.07, 6.45) is 1.74. The van der Waals surface area contributed by atoms with Crippen LogP contribution in [0.2, 0.25) is 0 Å². The zero-order chi connectivity index (χ0) is 15.0. The van der Waals surface area contributed by atoms with E-state index >= 15 is 0 Å². The number of nitrogens with zero attached hydrogens (tertiary/aromatic N) is 1. The average molecular weight is 279 g/mol. The van der Waals surface area contributed by atoms with Gasteiger partial charge in [0.1, 0.15) is 0 Å². The van der Waals surface area contributed by atoms with E-state index in [1.165, 1.54) is 5.56 Å². The van der Waals surface area contributed by atoms with E-state index in [-0.39, 0.29) is 5.91 Å². The number of carbonyl (C=O) groups is 1. The molecular weight excluding hydrogens is 262 g/mol. The molecule has 2 aromatic carbocycles. The summed E-state index contributed by atoms with van der Waals surface area (Å²) in [4.78, 5) is 12.4. The lowest BCUT2D eigenvalue weighted by molar-refractivity contribution is 0.102. The van der Waals surface area contributed by atoms with E-state index in [0.29, 0.717) is 5.56 Å². The van der Waals surface area contributed by atoms with Crippen LogP contribution in [0.5, 0.6) is 0 Å². The summed E-state index contributed by atoms with van der Waals surface area (Å²) in [6.45, 7) is 6.07. The molecule has 0 bridgehead atoms. The number of aromatic nitrogens is 2. The summed E-state index contributed by atoms with van der Waals surface area (Å²) in [5.41, 5.74) is 5.70. The molecule has 0 saturated carbocycles. The summed E-state index contributed by atoms with van der Waals surface area (Å²) in [6, 6.07) is 9.66. The maximum Gasteiger partial charge on any atom is 0.255 e. The fourth-order valence-corrected chi connectivity index (χ4v) is 2.64. The normalized spacial score (nSPS) is 10.8. The van der Waals surface area contributed by atoms with Crippen LogP contribution < -0.4 is 5.32 Å². The number of carbonyl (C=O) groups excluding carboxylic acids is 1. The maximum atomic E-state index is 12.4. The number of fused-ring (bicyclic) bond motifs is 1. The minimum atomic E-state index is -0.110. The van der Waals surface area contributed by atoms with Gasteiger partial charge in [0.2, 0.25) is 0 Å². The van der Waals surface area contributed by atoms with Crippen LogP contribution in [0, 0.1) is 20.8 Å². The Kier molecular flexibility index (Phi) is 3.22. The number of nitrogens with one attached hydrogen (secondary N) is 2. The van der Waals surface area contributed by atoms with Crippen LogP contribution in [0.25, 0.3) is 10.9 Å². The lowest BCUT2D eigenvalue weighted by atomic mass is 10.0. The van der Waals surface area contributed by atoms with Crippen molar-refractivity contribution in [2.24, 2.45) is 0 Å². The molecule has 1 amide bonds. The number of aryl methyl sites for hydroxylation is 3. The minimum absolute atomic E-state index is 0.110. The number of rotatable bonds is 2. The number of hydrogen-bond acceptors (Lipinski definition) is 2. The Bertz CT molecular complexity index is 810. The van der Waals surface area contributed by atoms with Gasteiger partial charge in [-0.25, -0.2) is 0 Å².